The summed E-state index contributed by atoms with van der Waals surface area (Å²) in [7, 11) is 0. The molecule has 1 aromatic heterocycles. The number of nitrogens with two attached hydrogens (primary N) is 1. The van der Waals surface area contributed by atoms with E-state index in [9.17, 15) is 0 Å². The summed E-state index contributed by atoms with van der Waals surface area (Å²) in [5.41, 5.74) is 7.23. The number of rotatable bonds is 5. The molecule has 1 aliphatic rings. The minimum atomic E-state index is 0.0485. The third kappa shape index (κ3) is 3.14. The zero-order chi connectivity index (χ0) is 14.1. The number of aromatic nitrogens is 1. The van der Waals surface area contributed by atoms with Gasteiger partial charge >= 0.3 is 0 Å². The Morgan fingerprint density at radius 2 is 2.10 bits per heavy atom. The van der Waals surface area contributed by atoms with E-state index < -0.39 is 0 Å². The van der Waals surface area contributed by atoms with Crippen molar-refractivity contribution in [3.8, 4) is 5.75 Å². The average Bonchev–Trinajstić information content (AvgIpc) is 3.18. The second kappa shape index (κ2) is 5.72. The van der Waals surface area contributed by atoms with Crippen molar-refractivity contribution < 1.29 is 4.74 Å². The van der Waals surface area contributed by atoms with E-state index in [1.807, 2.05) is 31.2 Å². The van der Waals surface area contributed by atoms with Crippen LogP contribution in [0.4, 0.5) is 0 Å². The normalized spacial score (nSPS) is 16.1. The molecule has 0 saturated heterocycles. The van der Waals surface area contributed by atoms with Crippen molar-refractivity contribution in [2.24, 2.45) is 5.73 Å². The molecule has 3 nitrogen and oxygen atoms in total. The van der Waals surface area contributed by atoms with Crippen LogP contribution in [-0.2, 0) is 6.61 Å². The van der Waals surface area contributed by atoms with E-state index in [2.05, 4.69) is 0 Å². The van der Waals surface area contributed by atoms with Crippen LogP contribution in [-0.4, -0.2) is 4.98 Å². The van der Waals surface area contributed by atoms with Crippen LogP contribution in [0.25, 0.3) is 0 Å². The molecule has 2 N–H and O–H groups in total. The van der Waals surface area contributed by atoms with Crippen molar-refractivity contribution in [1.29, 1.82) is 0 Å². The molecule has 0 amide bonds. The molecule has 1 aromatic carbocycles. The zero-order valence-electron chi connectivity index (χ0n) is 11.3. The smallest absolute Gasteiger partial charge is 0.140 e. The van der Waals surface area contributed by atoms with Gasteiger partial charge in [-0.05, 0) is 44.0 Å². The van der Waals surface area contributed by atoms with Crippen LogP contribution < -0.4 is 10.5 Å². The Kier molecular flexibility index (Phi) is 3.96. The summed E-state index contributed by atoms with van der Waals surface area (Å²) >= 11 is 7.52. The number of hydrogen-bond donors (Lipinski definition) is 1. The minimum Gasteiger partial charge on any atom is -0.486 e. The van der Waals surface area contributed by atoms with Crippen LogP contribution in [0, 0.1) is 0 Å². The quantitative estimate of drug-likeness (QED) is 0.897. The first-order valence-corrected chi connectivity index (χ1v) is 7.96. The lowest BCUT2D eigenvalue weighted by molar-refractivity contribution is 0.305. The SMILES string of the molecule is CC(N)c1sc(COc2ccc(Cl)cc2)nc1C1CC1. The van der Waals surface area contributed by atoms with Crippen LogP contribution in [0.5, 0.6) is 5.75 Å². The second-order valence-corrected chi connectivity index (χ2v) is 6.71. The number of ether oxygens (including phenoxy) is 1. The maximum atomic E-state index is 6.03. The van der Waals surface area contributed by atoms with Crippen LogP contribution in [0.3, 0.4) is 0 Å². The van der Waals surface area contributed by atoms with Crippen molar-refractivity contribution in [2.75, 3.05) is 0 Å². The number of hydrogen-bond acceptors (Lipinski definition) is 4. The summed E-state index contributed by atoms with van der Waals surface area (Å²) < 4.78 is 5.74. The van der Waals surface area contributed by atoms with Gasteiger partial charge in [0.1, 0.15) is 17.4 Å². The van der Waals surface area contributed by atoms with Gasteiger partial charge in [-0.2, -0.15) is 0 Å². The highest BCUT2D eigenvalue weighted by molar-refractivity contribution is 7.11. The van der Waals surface area contributed by atoms with E-state index in [1.54, 1.807) is 11.3 Å². The monoisotopic (exact) mass is 308 g/mol. The van der Waals surface area contributed by atoms with Gasteiger partial charge in [0.2, 0.25) is 0 Å². The summed E-state index contributed by atoms with van der Waals surface area (Å²) in [6.45, 7) is 2.50. The van der Waals surface area contributed by atoms with Crippen molar-refractivity contribution in [1.82, 2.24) is 4.98 Å². The molecule has 1 fully saturated rings. The molecule has 1 atom stereocenters. The zero-order valence-corrected chi connectivity index (χ0v) is 12.9. The summed E-state index contributed by atoms with van der Waals surface area (Å²) in [6, 6.07) is 7.42. The third-order valence-electron chi connectivity index (χ3n) is 3.28. The predicted molar refractivity (Wildman–Crippen MR) is 82.5 cm³/mol. The van der Waals surface area contributed by atoms with Crippen LogP contribution in [0.15, 0.2) is 24.3 Å². The van der Waals surface area contributed by atoms with E-state index >= 15 is 0 Å². The molecule has 1 heterocycles. The lowest BCUT2D eigenvalue weighted by Gasteiger charge is -2.03. The molecule has 0 bridgehead atoms. The first kappa shape index (κ1) is 13.9. The average molecular weight is 309 g/mol. The van der Waals surface area contributed by atoms with Gasteiger partial charge in [-0.15, -0.1) is 11.3 Å². The lowest BCUT2D eigenvalue weighted by atomic mass is 10.2. The summed E-state index contributed by atoms with van der Waals surface area (Å²) in [6.07, 6.45) is 2.47. The highest BCUT2D eigenvalue weighted by Gasteiger charge is 2.30. The van der Waals surface area contributed by atoms with Crippen LogP contribution in [0.1, 0.15) is 47.3 Å². The molecule has 0 radical (unpaired) electrons. The molecular formula is C15H17ClN2OS. The van der Waals surface area contributed by atoms with E-state index in [4.69, 9.17) is 27.1 Å². The number of thiazole rings is 1. The first-order valence-electron chi connectivity index (χ1n) is 6.77. The van der Waals surface area contributed by atoms with Gasteiger partial charge in [0, 0.05) is 21.9 Å². The summed E-state index contributed by atoms with van der Waals surface area (Å²) in [5, 5.41) is 1.70. The van der Waals surface area contributed by atoms with Crippen molar-refractivity contribution >= 4 is 22.9 Å². The molecule has 1 saturated carbocycles. The van der Waals surface area contributed by atoms with Gasteiger partial charge in [0.15, 0.2) is 0 Å². The van der Waals surface area contributed by atoms with Crippen LogP contribution >= 0.6 is 22.9 Å². The molecule has 1 unspecified atom stereocenters. The number of benzene rings is 1. The molecule has 2 aromatic rings. The molecule has 20 heavy (non-hydrogen) atoms. The van der Waals surface area contributed by atoms with Crippen LogP contribution in [0.2, 0.25) is 5.02 Å². The van der Waals surface area contributed by atoms with E-state index in [0.29, 0.717) is 17.5 Å². The highest BCUT2D eigenvalue weighted by atomic mass is 35.5. The molecule has 3 rings (SSSR count). The molecule has 106 valence electrons. The Hall–Kier alpha value is -1.10. The fourth-order valence-electron chi connectivity index (χ4n) is 2.10. The molecule has 0 aliphatic heterocycles. The predicted octanol–water partition coefficient (Wildman–Crippen LogP) is 4.27. The van der Waals surface area contributed by atoms with E-state index in [1.165, 1.54) is 23.4 Å². The Morgan fingerprint density at radius 3 is 2.70 bits per heavy atom. The fraction of sp³-hybridized carbons (Fsp3) is 0.400. The largest absolute Gasteiger partial charge is 0.486 e. The van der Waals surface area contributed by atoms with Gasteiger partial charge in [-0.3, -0.25) is 0 Å². The Balaban J connectivity index is 1.71. The summed E-state index contributed by atoms with van der Waals surface area (Å²) in [4.78, 5) is 5.92. The van der Waals surface area contributed by atoms with Gasteiger partial charge in [0.05, 0.1) is 5.69 Å². The fourth-order valence-corrected chi connectivity index (χ4v) is 3.25. The maximum Gasteiger partial charge on any atom is 0.140 e. The molecule has 5 heteroatoms. The van der Waals surface area contributed by atoms with Gasteiger partial charge in [-0.1, -0.05) is 11.6 Å². The van der Waals surface area contributed by atoms with Gasteiger partial charge < -0.3 is 10.5 Å². The molecule has 0 spiro atoms. The highest BCUT2D eigenvalue weighted by Crippen LogP contribution is 2.44. The minimum absolute atomic E-state index is 0.0485. The second-order valence-electron chi connectivity index (χ2n) is 5.16. The van der Waals surface area contributed by atoms with Crippen molar-refractivity contribution in [3.63, 3.8) is 0 Å². The van der Waals surface area contributed by atoms with Crippen molar-refractivity contribution in [2.45, 2.75) is 38.3 Å². The summed E-state index contributed by atoms with van der Waals surface area (Å²) in [5.74, 6) is 1.43. The van der Waals surface area contributed by atoms with Crippen molar-refractivity contribution in [3.05, 3.63) is 44.9 Å². The molecular weight excluding hydrogens is 292 g/mol. The van der Waals surface area contributed by atoms with Gasteiger partial charge in [-0.25, -0.2) is 4.98 Å². The number of nitrogens with zero attached hydrogens (tertiary/aromatic N) is 1. The first-order chi connectivity index (χ1) is 9.63. The Morgan fingerprint density at radius 1 is 1.40 bits per heavy atom. The lowest BCUT2D eigenvalue weighted by Crippen LogP contribution is -2.05. The Bertz CT molecular complexity index is 571. The van der Waals surface area contributed by atoms with E-state index in [0.717, 1.165) is 10.8 Å². The topological polar surface area (TPSA) is 48.1 Å². The molecule has 1 aliphatic carbocycles. The Labute approximate surface area is 127 Å². The standard InChI is InChI=1S/C15H17ClN2OS/c1-9(17)15-14(10-2-3-10)18-13(20-15)8-19-12-6-4-11(16)5-7-12/h4-7,9-10H,2-3,8,17H2,1H3. The number of halogens is 1. The third-order valence-corrected chi connectivity index (χ3v) is 4.78. The van der Waals surface area contributed by atoms with E-state index in [-0.39, 0.29) is 6.04 Å². The maximum absolute atomic E-state index is 6.03. The van der Waals surface area contributed by atoms with Gasteiger partial charge in [0.25, 0.3) is 0 Å².